The Balaban J connectivity index is 0.000000199. The first kappa shape index (κ1) is 22.9. The molecule has 5 nitrogen and oxygen atoms in total. The summed E-state index contributed by atoms with van der Waals surface area (Å²) in [5.74, 6) is 3.64. The van der Waals surface area contributed by atoms with Gasteiger partial charge in [-0.3, -0.25) is 9.59 Å². The van der Waals surface area contributed by atoms with Crippen LogP contribution in [0.15, 0.2) is 0 Å². The average molecular weight is 419 g/mol. The van der Waals surface area contributed by atoms with Crippen LogP contribution in [0, 0.1) is 22.2 Å². The second-order valence-corrected chi connectivity index (χ2v) is 13.6. The molecule has 3 aliphatic rings. The highest BCUT2D eigenvalue weighted by molar-refractivity contribution is 7.97. The zero-order chi connectivity index (χ0) is 20.7. The number of ketones is 2. The molecular formula is C20H34O5S2. The summed E-state index contributed by atoms with van der Waals surface area (Å²) in [6.45, 7) is 9.90. The first-order valence-corrected chi connectivity index (χ1v) is 13.1. The molecule has 0 aromatic carbocycles. The summed E-state index contributed by atoms with van der Waals surface area (Å²) < 4.78 is 32.7. The summed E-state index contributed by atoms with van der Waals surface area (Å²) in [6.07, 6.45) is 4.57. The van der Waals surface area contributed by atoms with Gasteiger partial charge in [0.2, 0.25) is 0 Å². The quantitative estimate of drug-likeness (QED) is 0.517. The number of carbonyl (C=O) groups is 2. The van der Waals surface area contributed by atoms with E-state index in [0.29, 0.717) is 29.5 Å². The fraction of sp³-hybridized carbons (Fsp3) is 0.900. The second-order valence-electron chi connectivity index (χ2n) is 9.91. The molecule has 0 aromatic rings. The topological polar surface area (TPSA) is 91.3 Å². The lowest BCUT2D eigenvalue weighted by Gasteiger charge is -2.37. The number of hydrogen-bond donors (Lipinski definition) is 0. The van der Waals surface area contributed by atoms with Crippen molar-refractivity contribution in [1.29, 1.82) is 0 Å². The molecule has 156 valence electrons. The van der Waals surface area contributed by atoms with Gasteiger partial charge in [0.05, 0.1) is 15.9 Å². The van der Waals surface area contributed by atoms with E-state index in [1.165, 1.54) is 24.3 Å². The number of Topliss-reactive ketones (excluding diaryl/α,β-unsaturated/α-hetero) is 2. The maximum atomic E-state index is 11.8. The summed E-state index contributed by atoms with van der Waals surface area (Å²) >= 11 is 0. The fourth-order valence-electron chi connectivity index (χ4n) is 4.67. The Morgan fingerprint density at radius 3 is 2.15 bits per heavy atom. The van der Waals surface area contributed by atoms with Crippen LogP contribution in [0.4, 0.5) is 0 Å². The summed E-state index contributed by atoms with van der Waals surface area (Å²) in [5.41, 5.74) is -1.34. The van der Waals surface area contributed by atoms with E-state index >= 15 is 0 Å². The van der Waals surface area contributed by atoms with E-state index in [9.17, 15) is 22.6 Å². The van der Waals surface area contributed by atoms with Crippen molar-refractivity contribution in [2.45, 2.75) is 66.7 Å². The van der Waals surface area contributed by atoms with Gasteiger partial charge in [0.25, 0.3) is 0 Å². The molecule has 2 unspecified atom stereocenters. The van der Waals surface area contributed by atoms with Gasteiger partial charge in [-0.2, -0.15) is 0 Å². The van der Waals surface area contributed by atoms with Crippen molar-refractivity contribution in [2.75, 3.05) is 23.0 Å². The van der Waals surface area contributed by atoms with Crippen LogP contribution in [-0.4, -0.2) is 47.5 Å². The second kappa shape index (κ2) is 7.79. The number of fused-ring (bicyclic) bond motifs is 2. The van der Waals surface area contributed by atoms with Gasteiger partial charge in [0.1, 0.15) is 17.3 Å². The third kappa shape index (κ3) is 4.96. The molecular weight excluding hydrogens is 384 g/mol. The van der Waals surface area contributed by atoms with Gasteiger partial charge in [-0.1, -0.05) is 34.6 Å². The molecule has 1 saturated heterocycles. The average Bonchev–Trinajstić information content (AvgIpc) is 3.12. The Bertz CT molecular complexity index is 684. The zero-order valence-electron chi connectivity index (χ0n) is 17.3. The third-order valence-electron chi connectivity index (χ3n) is 6.85. The Morgan fingerprint density at radius 2 is 1.78 bits per heavy atom. The minimum Gasteiger partial charge on any atom is -0.748 e. The molecule has 2 aliphatic carbocycles. The largest absolute Gasteiger partial charge is 0.748 e. The van der Waals surface area contributed by atoms with E-state index in [1.807, 2.05) is 34.6 Å². The molecule has 2 saturated carbocycles. The highest BCUT2D eigenvalue weighted by Crippen LogP contribution is 2.64. The lowest BCUT2D eigenvalue weighted by molar-refractivity contribution is -0.128. The molecule has 0 radical (unpaired) electrons. The van der Waals surface area contributed by atoms with Gasteiger partial charge < -0.3 is 4.55 Å². The van der Waals surface area contributed by atoms with E-state index in [2.05, 4.69) is 0 Å². The van der Waals surface area contributed by atoms with E-state index in [4.69, 9.17) is 0 Å². The van der Waals surface area contributed by atoms with Crippen LogP contribution in [0.3, 0.4) is 0 Å². The maximum absolute atomic E-state index is 11.8. The van der Waals surface area contributed by atoms with Crippen molar-refractivity contribution in [3.05, 3.63) is 0 Å². The molecule has 27 heavy (non-hydrogen) atoms. The molecule has 2 bridgehead atoms. The standard InChI is InChI=1S/C10H16O4S.C10H19OS/c1-9(2)7-3-4-10(9,8(11)5-7)6-15(12,13)14;1-10(2,3)9(11)8-12-6-4-5-7-12/h7H,3-6H2,1-2H3,(H,12,13,14);4-8H2,1-3H3/q;+1/p-1. The minimum atomic E-state index is -4.33. The van der Waals surface area contributed by atoms with Crippen molar-refractivity contribution in [2.24, 2.45) is 22.2 Å². The SMILES string of the molecule is CC(C)(C)C(=O)C[S+]1CCCC1.CC1(C)C2CCC1(CS(=O)(=O)[O-])C(=O)C2. The van der Waals surface area contributed by atoms with Crippen LogP contribution in [0.2, 0.25) is 0 Å². The maximum Gasteiger partial charge on any atom is 0.187 e. The van der Waals surface area contributed by atoms with Gasteiger partial charge in [0, 0.05) is 17.3 Å². The molecule has 3 fully saturated rings. The van der Waals surface area contributed by atoms with Gasteiger partial charge >= 0.3 is 0 Å². The molecule has 3 rings (SSSR count). The first-order chi connectivity index (χ1) is 12.2. The van der Waals surface area contributed by atoms with Crippen molar-refractivity contribution in [3.63, 3.8) is 0 Å². The number of hydrogen-bond acceptors (Lipinski definition) is 5. The minimum absolute atomic E-state index is 0.0248. The van der Waals surface area contributed by atoms with Gasteiger partial charge in [-0.05, 0) is 47.9 Å². The normalized spacial score (nSPS) is 30.3. The van der Waals surface area contributed by atoms with Crippen molar-refractivity contribution in [1.82, 2.24) is 0 Å². The van der Waals surface area contributed by atoms with E-state index in [-0.39, 0.29) is 22.5 Å². The Kier molecular flexibility index (Phi) is 6.60. The van der Waals surface area contributed by atoms with Crippen LogP contribution in [0.5, 0.6) is 0 Å². The number of rotatable bonds is 4. The van der Waals surface area contributed by atoms with Gasteiger partial charge in [0.15, 0.2) is 11.5 Å². The molecule has 0 spiro atoms. The monoisotopic (exact) mass is 418 g/mol. The summed E-state index contributed by atoms with van der Waals surface area (Å²) in [5, 5.41) is 0. The first-order valence-electron chi connectivity index (χ1n) is 9.83. The van der Waals surface area contributed by atoms with Gasteiger partial charge in [-0.15, -0.1) is 0 Å². The van der Waals surface area contributed by atoms with Gasteiger partial charge in [-0.25, -0.2) is 8.42 Å². The highest BCUT2D eigenvalue weighted by Gasteiger charge is 2.64. The Hall–Kier alpha value is -0.400. The van der Waals surface area contributed by atoms with Crippen molar-refractivity contribution < 1.29 is 22.6 Å². The Labute approximate surface area is 167 Å². The predicted octanol–water partition coefficient (Wildman–Crippen LogP) is 2.94. The van der Waals surface area contributed by atoms with Crippen LogP contribution >= 0.6 is 0 Å². The van der Waals surface area contributed by atoms with Crippen LogP contribution in [-0.2, 0) is 30.6 Å². The molecule has 1 aliphatic heterocycles. The Morgan fingerprint density at radius 1 is 1.22 bits per heavy atom. The molecule has 0 amide bonds. The summed E-state index contributed by atoms with van der Waals surface area (Å²) in [6, 6.07) is 0. The predicted molar refractivity (Wildman–Crippen MR) is 109 cm³/mol. The highest BCUT2D eigenvalue weighted by atomic mass is 32.2. The molecule has 0 N–H and O–H groups in total. The molecule has 7 heteroatoms. The van der Waals surface area contributed by atoms with Crippen molar-refractivity contribution in [3.8, 4) is 0 Å². The lowest BCUT2D eigenvalue weighted by Crippen LogP contribution is -2.42. The van der Waals surface area contributed by atoms with Crippen molar-refractivity contribution >= 4 is 32.6 Å². The molecule has 1 heterocycles. The van der Waals surface area contributed by atoms with Crippen LogP contribution in [0.25, 0.3) is 0 Å². The fourth-order valence-corrected chi connectivity index (χ4v) is 8.47. The summed E-state index contributed by atoms with van der Waals surface area (Å²) in [7, 11) is -3.88. The van der Waals surface area contributed by atoms with E-state index in [1.54, 1.807) is 0 Å². The summed E-state index contributed by atoms with van der Waals surface area (Å²) in [4.78, 5) is 23.5. The molecule has 0 aromatic heterocycles. The van der Waals surface area contributed by atoms with Crippen LogP contribution in [0.1, 0.15) is 66.7 Å². The zero-order valence-corrected chi connectivity index (χ0v) is 18.9. The third-order valence-corrected chi connectivity index (χ3v) is 10.1. The smallest absolute Gasteiger partial charge is 0.187 e. The van der Waals surface area contributed by atoms with E-state index < -0.39 is 21.3 Å². The lowest BCUT2D eigenvalue weighted by atomic mass is 9.70. The molecule has 2 atom stereocenters. The van der Waals surface area contributed by atoms with Crippen LogP contribution < -0.4 is 0 Å². The number of carbonyl (C=O) groups excluding carboxylic acids is 2. The van der Waals surface area contributed by atoms with E-state index in [0.717, 1.165) is 12.2 Å².